The fraction of sp³-hybridized carbons (Fsp3) is 0.320. The van der Waals surface area contributed by atoms with Crippen molar-refractivity contribution in [2.24, 2.45) is 7.05 Å². The molecular weight excluding hydrogens is 507 g/mol. The van der Waals surface area contributed by atoms with E-state index in [2.05, 4.69) is 22.2 Å². The predicted octanol–water partition coefficient (Wildman–Crippen LogP) is 3.80. The highest BCUT2D eigenvalue weighted by molar-refractivity contribution is 6.41. The summed E-state index contributed by atoms with van der Waals surface area (Å²) < 4.78 is 17.8. The van der Waals surface area contributed by atoms with Crippen LogP contribution >= 0.6 is 23.2 Å². The van der Waals surface area contributed by atoms with E-state index in [-0.39, 0.29) is 33.6 Å². The van der Waals surface area contributed by atoms with Gasteiger partial charge in [-0.2, -0.15) is 0 Å². The third kappa shape index (κ3) is 4.86. The van der Waals surface area contributed by atoms with E-state index in [0.29, 0.717) is 59.0 Å². The van der Waals surface area contributed by atoms with E-state index in [1.54, 1.807) is 31.4 Å². The van der Waals surface area contributed by atoms with Crippen LogP contribution in [0.1, 0.15) is 6.42 Å². The minimum absolute atomic E-state index is 0.167. The quantitative estimate of drug-likeness (QED) is 0.446. The van der Waals surface area contributed by atoms with Crippen molar-refractivity contribution in [3.8, 4) is 22.8 Å². The predicted molar refractivity (Wildman–Crippen MR) is 141 cm³/mol. The van der Waals surface area contributed by atoms with Crippen LogP contribution in [0.4, 0.5) is 5.82 Å². The lowest BCUT2D eigenvalue weighted by atomic mass is 10.0. The number of hydrogen-bond donors (Lipinski definition) is 2. The van der Waals surface area contributed by atoms with Gasteiger partial charge in [0.15, 0.2) is 0 Å². The van der Waals surface area contributed by atoms with E-state index in [4.69, 9.17) is 37.4 Å². The Hall–Kier alpha value is -3.27. The van der Waals surface area contributed by atoms with Gasteiger partial charge in [0.25, 0.3) is 5.56 Å². The van der Waals surface area contributed by atoms with Gasteiger partial charge < -0.3 is 29.4 Å². The molecule has 0 aliphatic carbocycles. The maximum absolute atomic E-state index is 13.4. The van der Waals surface area contributed by atoms with Crippen molar-refractivity contribution < 1.29 is 19.0 Å². The zero-order valence-electron chi connectivity index (χ0n) is 20.1. The Morgan fingerprint density at radius 3 is 2.53 bits per heavy atom. The second kappa shape index (κ2) is 10.8. The summed E-state index contributed by atoms with van der Waals surface area (Å²) in [6, 6.07) is 4.66. The number of amides is 1. The van der Waals surface area contributed by atoms with Crippen molar-refractivity contribution in [2.75, 3.05) is 32.8 Å². The number of ether oxygens (including phenoxy) is 3. The maximum atomic E-state index is 13.4. The Bertz CT molecular complexity index is 1360. The molecular formula is C25H26Cl2N4O5. The number of nitrogens with zero attached hydrogens (tertiary/aromatic N) is 2. The summed E-state index contributed by atoms with van der Waals surface area (Å²) in [5, 5.41) is 7.76. The molecule has 1 aliphatic rings. The molecule has 3 aromatic rings. The molecule has 9 nitrogen and oxygen atoms in total. The van der Waals surface area contributed by atoms with Gasteiger partial charge in [0.2, 0.25) is 5.91 Å². The molecule has 1 aromatic carbocycles. The van der Waals surface area contributed by atoms with E-state index in [0.717, 1.165) is 0 Å². The van der Waals surface area contributed by atoms with Crippen LogP contribution in [0.5, 0.6) is 11.5 Å². The van der Waals surface area contributed by atoms with Gasteiger partial charge in [-0.05, 0) is 24.6 Å². The van der Waals surface area contributed by atoms with Crippen LogP contribution < -0.4 is 25.7 Å². The molecule has 2 N–H and O–H groups in total. The van der Waals surface area contributed by atoms with Crippen molar-refractivity contribution in [2.45, 2.75) is 18.5 Å². The number of halogens is 2. The summed E-state index contributed by atoms with van der Waals surface area (Å²) in [6.45, 7) is 4.42. The summed E-state index contributed by atoms with van der Waals surface area (Å²) >= 11 is 13.2. The number of anilines is 1. The normalized spacial score (nSPS) is 17.5. The number of aromatic nitrogens is 2. The number of fused-ring (bicyclic) bond motifs is 1. The summed E-state index contributed by atoms with van der Waals surface area (Å²) in [7, 11) is 4.61. The third-order valence-corrected chi connectivity index (χ3v) is 6.91. The van der Waals surface area contributed by atoms with Crippen LogP contribution in [0.3, 0.4) is 0 Å². The highest BCUT2D eigenvalue weighted by Crippen LogP contribution is 2.45. The molecule has 0 saturated carbocycles. The van der Waals surface area contributed by atoms with Gasteiger partial charge in [-0.1, -0.05) is 29.8 Å². The van der Waals surface area contributed by atoms with Crippen LogP contribution in [0.25, 0.3) is 22.0 Å². The van der Waals surface area contributed by atoms with Crippen LogP contribution in [-0.4, -0.2) is 55.0 Å². The average molecular weight is 533 g/mol. The van der Waals surface area contributed by atoms with E-state index >= 15 is 0 Å². The van der Waals surface area contributed by atoms with Gasteiger partial charge >= 0.3 is 0 Å². The first-order valence-corrected chi connectivity index (χ1v) is 11.9. The van der Waals surface area contributed by atoms with E-state index < -0.39 is 0 Å². The summed E-state index contributed by atoms with van der Waals surface area (Å²) in [6.07, 6.45) is 3.47. The minimum Gasteiger partial charge on any atom is -0.495 e. The fourth-order valence-electron chi connectivity index (χ4n) is 4.21. The molecule has 0 unspecified atom stereocenters. The molecule has 0 radical (unpaired) electrons. The molecule has 190 valence electrons. The molecule has 11 heteroatoms. The number of nitrogens with one attached hydrogen (secondary N) is 2. The Kier molecular flexibility index (Phi) is 7.73. The van der Waals surface area contributed by atoms with Crippen molar-refractivity contribution >= 4 is 45.7 Å². The molecule has 1 saturated heterocycles. The Balaban J connectivity index is 1.75. The van der Waals surface area contributed by atoms with Crippen LogP contribution in [-0.2, 0) is 16.6 Å². The first kappa shape index (κ1) is 25.8. The van der Waals surface area contributed by atoms with Crippen LogP contribution in [0.15, 0.2) is 41.8 Å². The monoisotopic (exact) mass is 532 g/mol. The van der Waals surface area contributed by atoms with Crippen LogP contribution in [0, 0.1) is 0 Å². The third-order valence-electron chi connectivity index (χ3n) is 6.16. The van der Waals surface area contributed by atoms with Crippen molar-refractivity contribution in [1.82, 2.24) is 14.9 Å². The zero-order chi connectivity index (χ0) is 26.0. The molecule has 1 amide bonds. The van der Waals surface area contributed by atoms with Gasteiger partial charge in [-0.25, -0.2) is 4.98 Å². The Morgan fingerprint density at radius 1 is 1.19 bits per heavy atom. The van der Waals surface area contributed by atoms with Gasteiger partial charge in [-0.15, -0.1) is 0 Å². The molecule has 36 heavy (non-hydrogen) atoms. The highest BCUT2D eigenvalue weighted by atomic mass is 35.5. The molecule has 4 rings (SSSR count). The van der Waals surface area contributed by atoms with E-state index in [1.165, 1.54) is 24.9 Å². The smallest absolute Gasteiger partial charge is 0.258 e. The SMILES string of the molecule is C=CC(=O)N[C@H]1CCOC[C@H]1Nc1cc2c(=O)n(C)c(-c3c(Cl)c(OC)cc(OC)c3Cl)cc2cn1. The molecule has 1 aliphatic heterocycles. The number of hydrogen-bond acceptors (Lipinski definition) is 7. The van der Waals surface area contributed by atoms with Gasteiger partial charge in [0, 0.05) is 36.9 Å². The second-order valence-electron chi connectivity index (χ2n) is 8.27. The molecule has 0 bridgehead atoms. The Labute approximate surface area is 218 Å². The summed E-state index contributed by atoms with van der Waals surface area (Å²) in [5.74, 6) is 0.963. The fourth-order valence-corrected chi connectivity index (χ4v) is 4.91. The van der Waals surface area contributed by atoms with Crippen molar-refractivity contribution in [1.29, 1.82) is 0 Å². The Morgan fingerprint density at radius 2 is 1.89 bits per heavy atom. The largest absolute Gasteiger partial charge is 0.495 e. The number of carbonyl (C=O) groups is 1. The lowest BCUT2D eigenvalue weighted by molar-refractivity contribution is -0.117. The number of methoxy groups -OCH3 is 2. The van der Waals surface area contributed by atoms with Crippen LogP contribution in [0.2, 0.25) is 10.0 Å². The number of carbonyl (C=O) groups excluding carboxylic acids is 1. The minimum atomic E-state index is -0.265. The van der Waals surface area contributed by atoms with Gasteiger partial charge in [-0.3, -0.25) is 9.59 Å². The summed E-state index contributed by atoms with van der Waals surface area (Å²) in [5.41, 5.74) is 0.631. The molecule has 2 atom stereocenters. The first-order valence-electron chi connectivity index (χ1n) is 11.2. The summed E-state index contributed by atoms with van der Waals surface area (Å²) in [4.78, 5) is 29.7. The number of rotatable bonds is 7. The highest BCUT2D eigenvalue weighted by Gasteiger charge is 2.27. The van der Waals surface area contributed by atoms with Crippen molar-refractivity contribution in [3.05, 3.63) is 57.4 Å². The molecule has 1 fully saturated rings. The number of pyridine rings is 2. The average Bonchev–Trinajstić information content (AvgIpc) is 2.88. The molecule has 3 heterocycles. The first-order chi connectivity index (χ1) is 17.3. The van der Waals surface area contributed by atoms with Gasteiger partial charge in [0.1, 0.15) is 17.3 Å². The van der Waals surface area contributed by atoms with E-state index in [9.17, 15) is 9.59 Å². The number of benzene rings is 1. The van der Waals surface area contributed by atoms with Crippen molar-refractivity contribution in [3.63, 3.8) is 0 Å². The zero-order valence-corrected chi connectivity index (χ0v) is 21.6. The molecule has 0 spiro atoms. The maximum Gasteiger partial charge on any atom is 0.258 e. The standard InChI is InChI=1S/C25H26Cl2N4O5/c1-5-21(32)30-15-6-7-36-12-16(15)29-20-9-14-13(11-28-20)8-17(31(2)25(14)33)22-23(26)18(34-3)10-19(35-4)24(22)27/h5,8-11,15-16H,1,6-7,12H2,2-4H3,(H,28,29)(H,30,32)/t15-,16+/m0/s1. The lowest BCUT2D eigenvalue weighted by Gasteiger charge is -2.32. The second-order valence-corrected chi connectivity index (χ2v) is 9.02. The van der Waals surface area contributed by atoms with E-state index in [1.807, 2.05) is 0 Å². The lowest BCUT2D eigenvalue weighted by Crippen LogP contribution is -2.52. The van der Waals surface area contributed by atoms with Gasteiger partial charge in [0.05, 0.1) is 54.0 Å². The topological polar surface area (TPSA) is 104 Å². The molecule has 2 aromatic heterocycles.